The minimum atomic E-state index is -0.890. The number of nitrogens with two attached hydrogens (primary N) is 1. The van der Waals surface area contributed by atoms with Crippen molar-refractivity contribution in [3.63, 3.8) is 0 Å². The number of amidine groups is 1. The normalized spacial score (nSPS) is 11.0. The van der Waals surface area contributed by atoms with Crippen LogP contribution in [-0.4, -0.2) is 16.7 Å². The van der Waals surface area contributed by atoms with Gasteiger partial charge in [-0.25, -0.2) is 9.78 Å². The number of nitro benzene ring substituents is 1. The summed E-state index contributed by atoms with van der Waals surface area (Å²) in [5, 5.41) is 14.2. The number of halogens is 1. The van der Waals surface area contributed by atoms with E-state index in [0.717, 1.165) is 6.07 Å². The van der Waals surface area contributed by atoms with E-state index in [2.05, 4.69) is 15.0 Å². The molecule has 0 unspecified atom stereocenters. The number of nitro groups is 1. The average molecular weight is 322 g/mol. The molecule has 0 radical (unpaired) electrons. The van der Waals surface area contributed by atoms with E-state index in [1.165, 1.54) is 12.1 Å². The van der Waals surface area contributed by atoms with Crippen molar-refractivity contribution in [1.29, 1.82) is 0 Å². The van der Waals surface area contributed by atoms with Gasteiger partial charge in [-0.05, 0) is 18.2 Å². The van der Waals surface area contributed by atoms with Crippen LogP contribution in [0.4, 0.5) is 5.69 Å². The Bertz CT molecular complexity index is 749. The number of oxime groups is 1. The predicted octanol–water partition coefficient (Wildman–Crippen LogP) is 1.54. The molecule has 0 aliphatic carbocycles. The number of carbonyl (C=O) groups is 1. The zero-order valence-corrected chi connectivity index (χ0v) is 11.8. The number of H-pyrrole nitrogens is 1. The summed E-state index contributed by atoms with van der Waals surface area (Å²) in [5.74, 6) is -0.934. The van der Waals surface area contributed by atoms with E-state index in [9.17, 15) is 14.9 Å². The van der Waals surface area contributed by atoms with E-state index in [1.807, 2.05) is 0 Å². The monoisotopic (exact) mass is 321 g/mol. The smallest absolute Gasteiger partial charge is 0.366 e. The Hall–Kier alpha value is -3.00. The van der Waals surface area contributed by atoms with Gasteiger partial charge in [0.05, 0.1) is 10.5 Å². The molecule has 22 heavy (non-hydrogen) atoms. The Morgan fingerprint density at radius 2 is 2.14 bits per heavy atom. The van der Waals surface area contributed by atoms with Gasteiger partial charge in [0.15, 0.2) is 6.20 Å². The highest BCUT2D eigenvalue weighted by Crippen LogP contribution is 2.25. The molecule has 0 amide bonds. The number of rotatable bonds is 4. The maximum absolute atomic E-state index is 11.8. The molecule has 3 N–H and O–H groups in total. The number of nitrogens with one attached hydrogen (secondary N) is 1. The molecule has 8 nitrogen and oxygen atoms in total. The van der Waals surface area contributed by atoms with Crippen LogP contribution >= 0.6 is 11.6 Å². The summed E-state index contributed by atoms with van der Waals surface area (Å²) in [7, 11) is 0. The summed E-state index contributed by atoms with van der Waals surface area (Å²) in [4.78, 5) is 29.3. The minimum Gasteiger partial charge on any atom is -0.375 e. The van der Waals surface area contributed by atoms with Gasteiger partial charge in [-0.3, -0.25) is 10.1 Å². The number of aromatic amines is 1. The largest absolute Gasteiger partial charge is 0.375 e. The molecule has 1 aromatic carbocycles. The van der Waals surface area contributed by atoms with Gasteiger partial charge >= 0.3 is 5.97 Å². The van der Waals surface area contributed by atoms with Gasteiger partial charge < -0.3 is 10.6 Å². The zero-order chi connectivity index (χ0) is 16.1. The molecule has 0 saturated carbocycles. The van der Waals surface area contributed by atoms with Crippen molar-refractivity contribution >= 4 is 29.1 Å². The second kappa shape index (κ2) is 6.64. The molecule has 112 valence electrons. The number of pyridine rings is 1. The first-order chi connectivity index (χ1) is 10.5. The fourth-order valence-electron chi connectivity index (χ4n) is 1.52. The molecule has 1 aromatic heterocycles. The Morgan fingerprint density at radius 3 is 2.77 bits per heavy atom. The Morgan fingerprint density at radius 1 is 1.36 bits per heavy atom. The summed E-state index contributed by atoms with van der Waals surface area (Å²) in [6, 6.07) is 8.63. The van der Waals surface area contributed by atoms with Crippen LogP contribution < -0.4 is 10.7 Å². The lowest BCUT2D eigenvalue weighted by atomic mass is 10.2. The van der Waals surface area contributed by atoms with Gasteiger partial charge in [-0.2, -0.15) is 0 Å². The van der Waals surface area contributed by atoms with Gasteiger partial charge in [-0.15, -0.1) is 0 Å². The molecule has 0 saturated heterocycles. The Balaban J connectivity index is 2.16. The van der Waals surface area contributed by atoms with Crippen LogP contribution in [0.5, 0.6) is 0 Å². The third-order valence-electron chi connectivity index (χ3n) is 2.59. The molecular formula is C13H10ClN4O4+. The molecular weight excluding hydrogens is 312 g/mol. The standard InChI is InChI=1S/C13H9ClN4O4/c14-9-5-4-8(7-11(9)18(20)21)13(19)22-17-12(15)10-3-1-2-6-16-10/h1-7H,(H2,15,17)/p+1. The van der Waals surface area contributed by atoms with Crippen LogP contribution in [0.15, 0.2) is 47.8 Å². The van der Waals surface area contributed by atoms with Crippen molar-refractivity contribution in [1.82, 2.24) is 0 Å². The average Bonchev–Trinajstić information content (AvgIpc) is 2.53. The first kappa shape index (κ1) is 15.4. The Kier molecular flexibility index (Phi) is 4.64. The summed E-state index contributed by atoms with van der Waals surface area (Å²) in [6.07, 6.45) is 1.63. The van der Waals surface area contributed by atoms with E-state index >= 15 is 0 Å². The topological polar surface area (TPSA) is 122 Å². The van der Waals surface area contributed by atoms with Gasteiger partial charge in [0.2, 0.25) is 11.5 Å². The van der Waals surface area contributed by atoms with Crippen molar-refractivity contribution in [2.75, 3.05) is 0 Å². The second-order valence-electron chi connectivity index (χ2n) is 4.05. The van der Waals surface area contributed by atoms with E-state index in [4.69, 9.17) is 17.3 Å². The van der Waals surface area contributed by atoms with Crippen LogP contribution in [0.3, 0.4) is 0 Å². The van der Waals surface area contributed by atoms with E-state index in [1.54, 1.807) is 24.4 Å². The fraction of sp³-hybridized carbons (Fsp3) is 0. The molecule has 0 aliphatic heterocycles. The third kappa shape index (κ3) is 3.55. The van der Waals surface area contributed by atoms with Crippen LogP contribution in [0, 0.1) is 10.1 Å². The molecule has 0 aliphatic rings. The number of carbonyl (C=O) groups excluding carboxylic acids is 1. The van der Waals surface area contributed by atoms with Crippen molar-refractivity contribution in [3.05, 3.63) is 69.0 Å². The lowest BCUT2D eigenvalue weighted by Crippen LogP contribution is -2.24. The van der Waals surface area contributed by atoms with E-state index in [0.29, 0.717) is 5.69 Å². The summed E-state index contributed by atoms with van der Waals surface area (Å²) < 4.78 is 0. The van der Waals surface area contributed by atoms with Crippen LogP contribution in [0.1, 0.15) is 16.1 Å². The van der Waals surface area contributed by atoms with Gasteiger partial charge in [0.1, 0.15) is 5.02 Å². The molecule has 0 bridgehead atoms. The number of hydrogen-bond donors (Lipinski definition) is 1. The highest BCUT2D eigenvalue weighted by Gasteiger charge is 2.17. The lowest BCUT2D eigenvalue weighted by molar-refractivity contribution is -0.384. The molecule has 0 spiro atoms. The van der Waals surface area contributed by atoms with Crippen LogP contribution in [0.25, 0.3) is 0 Å². The van der Waals surface area contributed by atoms with Crippen molar-refractivity contribution in [2.24, 2.45) is 10.9 Å². The number of benzene rings is 1. The van der Waals surface area contributed by atoms with E-state index in [-0.39, 0.29) is 16.4 Å². The molecule has 2 rings (SSSR count). The van der Waals surface area contributed by atoms with E-state index < -0.39 is 16.6 Å². The predicted molar refractivity (Wildman–Crippen MR) is 77.2 cm³/mol. The second-order valence-corrected chi connectivity index (χ2v) is 4.46. The molecule has 2 aromatic rings. The number of aromatic nitrogens is 1. The fourth-order valence-corrected chi connectivity index (χ4v) is 1.71. The summed E-state index contributed by atoms with van der Waals surface area (Å²) in [6.45, 7) is 0. The first-order valence-electron chi connectivity index (χ1n) is 5.95. The zero-order valence-electron chi connectivity index (χ0n) is 11.0. The molecule has 0 atom stereocenters. The molecule has 1 heterocycles. The number of hydrogen-bond acceptors (Lipinski definition) is 5. The number of nitrogens with zero attached hydrogens (tertiary/aromatic N) is 2. The SMILES string of the molecule is NC(=NOC(=O)c1ccc(Cl)c([N+](=O)[O-])c1)c1cccc[nH+]1. The molecule has 0 fully saturated rings. The highest BCUT2D eigenvalue weighted by atomic mass is 35.5. The first-order valence-corrected chi connectivity index (χ1v) is 6.32. The Labute approximate surface area is 129 Å². The maximum Gasteiger partial charge on any atom is 0.366 e. The maximum atomic E-state index is 11.8. The van der Waals surface area contributed by atoms with Crippen molar-refractivity contribution in [3.8, 4) is 0 Å². The lowest BCUT2D eigenvalue weighted by Gasteiger charge is -2.00. The third-order valence-corrected chi connectivity index (χ3v) is 2.91. The summed E-state index contributed by atoms with van der Waals surface area (Å²) >= 11 is 5.66. The quantitative estimate of drug-likeness (QED) is 0.301. The van der Waals surface area contributed by atoms with Crippen LogP contribution in [0.2, 0.25) is 5.02 Å². The van der Waals surface area contributed by atoms with Gasteiger partial charge in [0.25, 0.3) is 5.69 Å². The van der Waals surface area contributed by atoms with Crippen molar-refractivity contribution in [2.45, 2.75) is 0 Å². The summed E-state index contributed by atoms with van der Waals surface area (Å²) in [5.41, 5.74) is 5.63. The highest BCUT2D eigenvalue weighted by molar-refractivity contribution is 6.32. The van der Waals surface area contributed by atoms with Crippen molar-refractivity contribution < 1.29 is 19.5 Å². The van der Waals surface area contributed by atoms with Gasteiger partial charge in [-0.1, -0.05) is 16.8 Å². The van der Waals surface area contributed by atoms with Crippen LogP contribution in [-0.2, 0) is 4.84 Å². The van der Waals surface area contributed by atoms with Gasteiger partial charge in [0, 0.05) is 18.2 Å². The molecule has 9 heteroatoms. The minimum absolute atomic E-state index is 0.0441.